The Hall–Kier alpha value is -2.49. The van der Waals surface area contributed by atoms with Crippen LogP contribution < -0.4 is 14.8 Å². The lowest BCUT2D eigenvalue weighted by atomic mass is 10.1. The van der Waals surface area contributed by atoms with Gasteiger partial charge in [-0.05, 0) is 56.2 Å². The molecule has 1 unspecified atom stereocenters. The highest BCUT2D eigenvalue weighted by Gasteiger charge is 2.11. The van der Waals surface area contributed by atoms with Gasteiger partial charge in [-0.3, -0.25) is 4.79 Å². The number of rotatable bonds is 7. The van der Waals surface area contributed by atoms with Gasteiger partial charge in [0.25, 0.3) is 5.91 Å². The van der Waals surface area contributed by atoms with E-state index in [0.29, 0.717) is 17.9 Å². The molecule has 0 aromatic heterocycles. The number of methoxy groups -OCH3 is 1. The molecule has 0 fully saturated rings. The Morgan fingerprint density at radius 2 is 1.87 bits per heavy atom. The predicted molar refractivity (Wildman–Crippen MR) is 91.2 cm³/mol. The second-order valence-corrected chi connectivity index (χ2v) is 5.39. The molecular weight excluding hydrogens is 290 g/mol. The summed E-state index contributed by atoms with van der Waals surface area (Å²) in [4.78, 5) is 12.3. The van der Waals surface area contributed by atoms with Gasteiger partial charge in [0.05, 0.1) is 13.7 Å². The Bertz CT molecular complexity index is 637. The topological polar surface area (TPSA) is 47.6 Å². The minimum absolute atomic E-state index is 0.0339. The highest BCUT2D eigenvalue weighted by molar-refractivity contribution is 5.94. The molecule has 0 aliphatic carbocycles. The second-order valence-electron chi connectivity index (χ2n) is 5.39. The van der Waals surface area contributed by atoms with Crippen LogP contribution in [0.2, 0.25) is 0 Å². The van der Waals surface area contributed by atoms with Crippen molar-refractivity contribution in [3.8, 4) is 11.5 Å². The molecule has 2 rings (SSSR count). The lowest BCUT2D eigenvalue weighted by Gasteiger charge is -2.15. The molecule has 0 aliphatic heterocycles. The summed E-state index contributed by atoms with van der Waals surface area (Å²) < 4.78 is 10.6. The zero-order chi connectivity index (χ0) is 16.7. The Balaban J connectivity index is 1.94. The number of hydrogen-bond acceptors (Lipinski definition) is 3. The highest BCUT2D eigenvalue weighted by atomic mass is 16.5. The average molecular weight is 313 g/mol. The van der Waals surface area contributed by atoms with Crippen molar-refractivity contribution < 1.29 is 14.3 Å². The van der Waals surface area contributed by atoms with Gasteiger partial charge in [-0.1, -0.05) is 18.2 Å². The van der Waals surface area contributed by atoms with Crippen molar-refractivity contribution in [2.45, 2.75) is 26.3 Å². The van der Waals surface area contributed by atoms with Crippen molar-refractivity contribution >= 4 is 5.91 Å². The summed E-state index contributed by atoms with van der Waals surface area (Å²) in [5.74, 6) is 1.45. The standard InChI is InChI=1S/C19H23NO3/c1-4-23-18-7-5-6-16(13-18)19(21)20-14(2)12-15-8-10-17(22-3)11-9-15/h5-11,13-14H,4,12H2,1-3H3,(H,20,21). The molecule has 23 heavy (non-hydrogen) atoms. The van der Waals surface area contributed by atoms with Gasteiger partial charge in [-0.15, -0.1) is 0 Å². The lowest BCUT2D eigenvalue weighted by Crippen LogP contribution is -2.34. The van der Waals surface area contributed by atoms with E-state index < -0.39 is 0 Å². The summed E-state index contributed by atoms with van der Waals surface area (Å²) in [6, 6.07) is 15.1. The first kappa shape index (κ1) is 16.9. The number of carbonyl (C=O) groups excluding carboxylic acids is 1. The number of benzene rings is 2. The van der Waals surface area contributed by atoms with Gasteiger partial charge >= 0.3 is 0 Å². The molecular formula is C19H23NO3. The summed E-state index contributed by atoms with van der Waals surface area (Å²) in [5, 5.41) is 3.02. The van der Waals surface area contributed by atoms with Crippen molar-refractivity contribution in [2.24, 2.45) is 0 Å². The second kappa shape index (κ2) is 8.22. The molecule has 0 radical (unpaired) electrons. The number of ether oxygens (including phenoxy) is 2. The average Bonchev–Trinajstić information content (AvgIpc) is 2.56. The quantitative estimate of drug-likeness (QED) is 0.851. The van der Waals surface area contributed by atoms with E-state index >= 15 is 0 Å². The molecule has 4 nitrogen and oxygen atoms in total. The van der Waals surface area contributed by atoms with Crippen LogP contribution in [-0.2, 0) is 6.42 Å². The van der Waals surface area contributed by atoms with Gasteiger partial charge in [-0.2, -0.15) is 0 Å². The van der Waals surface area contributed by atoms with Crippen LogP contribution in [0.1, 0.15) is 29.8 Å². The SMILES string of the molecule is CCOc1cccc(C(=O)NC(C)Cc2ccc(OC)cc2)c1. The maximum absolute atomic E-state index is 12.3. The van der Waals surface area contributed by atoms with E-state index in [9.17, 15) is 4.79 Å². The number of hydrogen-bond donors (Lipinski definition) is 1. The third kappa shape index (κ3) is 5.02. The summed E-state index contributed by atoms with van der Waals surface area (Å²) in [5.41, 5.74) is 1.76. The van der Waals surface area contributed by atoms with Gasteiger partial charge in [0.1, 0.15) is 11.5 Å². The maximum atomic E-state index is 12.3. The molecule has 0 spiro atoms. The van der Waals surface area contributed by atoms with E-state index in [4.69, 9.17) is 9.47 Å². The van der Waals surface area contributed by atoms with Crippen LogP contribution in [0.4, 0.5) is 0 Å². The Morgan fingerprint density at radius 3 is 2.52 bits per heavy atom. The molecule has 0 bridgehead atoms. The zero-order valence-corrected chi connectivity index (χ0v) is 13.8. The molecule has 0 saturated heterocycles. The van der Waals surface area contributed by atoms with E-state index in [2.05, 4.69) is 5.32 Å². The molecule has 122 valence electrons. The van der Waals surface area contributed by atoms with Crippen molar-refractivity contribution in [3.63, 3.8) is 0 Å². The minimum atomic E-state index is -0.0902. The summed E-state index contributed by atoms with van der Waals surface area (Å²) in [6.45, 7) is 4.50. The van der Waals surface area contributed by atoms with Crippen LogP contribution in [0.25, 0.3) is 0 Å². The third-order valence-electron chi connectivity index (χ3n) is 3.49. The van der Waals surface area contributed by atoms with Crippen LogP contribution >= 0.6 is 0 Å². The Labute approximate surface area is 137 Å². The summed E-state index contributed by atoms with van der Waals surface area (Å²) >= 11 is 0. The van der Waals surface area contributed by atoms with E-state index in [-0.39, 0.29) is 11.9 Å². The normalized spacial score (nSPS) is 11.6. The molecule has 2 aromatic carbocycles. The monoisotopic (exact) mass is 313 g/mol. The fourth-order valence-electron chi connectivity index (χ4n) is 2.37. The molecule has 4 heteroatoms. The minimum Gasteiger partial charge on any atom is -0.497 e. The smallest absolute Gasteiger partial charge is 0.251 e. The summed E-state index contributed by atoms with van der Waals surface area (Å²) in [7, 11) is 1.65. The number of nitrogens with one attached hydrogen (secondary N) is 1. The van der Waals surface area contributed by atoms with Crippen LogP contribution in [-0.4, -0.2) is 25.7 Å². The molecule has 0 saturated carbocycles. The predicted octanol–water partition coefficient (Wildman–Crippen LogP) is 3.45. The van der Waals surface area contributed by atoms with E-state index in [1.54, 1.807) is 19.2 Å². The van der Waals surface area contributed by atoms with Crippen LogP contribution in [0.15, 0.2) is 48.5 Å². The highest BCUT2D eigenvalue weighted by Crippen LogP contribution is 2.15. The molecule has 2 aromatic rings. The van der Waals surface area contributed by atoms with Gasteiger partial charge in [0.15, 0.2) is 0 Å². The molecule has 0 heterocycles. The molecule has 1 atom stereocenters. The van der Waals surface area contributed by atoms with Crippen molar-refractivity contribution in [1.82, 2.24) is 5.32 Å². The first-order valence-electron chi connectivity index (χ1n) is 7.79. The van der Waals surface area contributed by atoms with E-state index in [1.165, 1.54) is 0 Å². The fourth-order valence-corrected chi connectivity index (χ4v) is 2.37. The van der Waals surface area contributed by atoms with E-state index in [0.717, 1.165) is 17.7 Å². The van der Waals surface area contributed by atoms with Crippen LogP contribution in [0.5, 0.6) is 11.5 Å². The number of amides is 1. The maximum Gasteiger partial charge on any atom is 0.251 e. The van der Waals surface area contributed by atoms with Crippen LogP contribution in [0.3, 0.4) is 0 Å². The molecule has 1 N–H and O–H groups in total. The third-order valence-corrected chi connectivity index (χ3v) is 3.49. The molecule has 1 amide bonds. The molecule has 0 aliphatic rings. The Kier molecular flexibility index (Phi) is 6.03. The first-order valence-corrected chi connectivity index (χ1v) is 7.79. The largest absolute Gasteiger partial charge is 0.497 e. The summed E-state index contributed by atoms with van der Waals surface area (Å²) in [6.07, 6.45) is 0.765. The van der Waals surface area contributed by atoms with Gasteiger partial charge in [-0.25, -0.2) is 0 Å². The Morgan fingerprint density at radius 1 is 1.13 bits per heavy atom. The van der Waals surface area contributed by atoms with Gasteiger partial charge < -0.3 is 14.8 Å². The first-order chi connectivity index (χ1) is 11.1. The fraction of sp³-hybridized carbons (Fsp3) is 0.316. The van der Waals surface area contributed by atoms with Crippen molar-refractivity contribution in [3.05, 3.63) is 59.7 Å². The van der Waals surface area contributed by atoms with Gasteiger partial charge in [0.2, 0.25) is 0 Å². The number of carbonyl (C=O) groups is 1. The van der Waals surface area contributed by atoms with Crippen LogP contribution in [0, 0.1) is 0 Å². The van der Waals surface area contributed by atoms with E-state index in [1.807, 2.05) is 50.2 Å². The van der Waals surface area contributed by atoms with Gasteiger partial charge in [0, 0.05) is 11.6 Å². The lowest BCUT2D eigenvalue weighted by molar-refractivity contribution is 0.0939. The van der Waals surface area contributed by atoms with Crippen molar-refractivity contribution in [1.29, 1.82) is 0 Å². The van der Waals surface area contributed by atoms with Crippen molar-refractivity contribution in [2.75, 3.05) is 13.7 Å². The zero-order valence-electron chi connectivity index (χ0n) is 13.8.